The summed E-state index contributed by atoms with van der Waals surface area (Å²) in [4.78, 5) is 13.9. The molecule has 0 aromatic rings. The summed E-state index contributed by atoms with van der Waals surface area (Å²) < 4.78 is 0. The average Bonchev–Trinajstić information content (AvgIpc) is 2.26. The van der Waals surface area contributed by atoms with Crippen molar-refractivity contribution in [1.82, 2.24) is 10.2 Å². The lowest BCUT2D eigenvalue weighted by Crippen LogP contribution is -2.36. The van der Waals surface area contributed by atoms with E-state index < -0.39 is 0 Å². The zero-order valence-electron chi connectivity index (χ0n) is 11.9. The topological polar surface area (TPSA) is 32.3 Å². The maximum absolute atomic E-state index is 12.0. The van der Waals surface area contributed by atoms with Gasteiger partial charge in [-0.15, -0.1) is 0 Å². The fraction of sp³-hybridized carbons (Fsp3) is 0.929. The van der Waals surface area contributed by atoms with Crippen molar-refractivity contribution >= 4 is 5.91 Å². The number of piperidine rings is 1. The summed E-state index contributed by atoms with van der Waals surface area (Å²) in [5, 5.41) is 3.36. The first-order valence-electron chi connectivity index (χ1n) is 6.83. The van der Waals surface area contributed by atoms with Crippen LogP contribution in [0.15, 0.2) is 0 Å². The Kier molecular flexibility index (Phi) is 5.44. The molecule has 0 bridgehead atoms. The maximum atomic E-state index is 12.0. The van der Waals surface area contributed by atoms with Crippen LogP contribution in [0.2, 0.25) is 0 Å². The quantitative estimate of drug-likeness (QED) is 0.817. The molecule has 1 fully saturated rings. The standard InChI is InChI=1S/C14H28N2O/c1-14(2,3)7-9-16(4)13(17)10-12-6-5-8-15-11-12/h12,15H,5-11H2,1-4H3. The van der Waals surface area contributed by atoms with Gasteiger partial charge in [0.2, 0.25) is 5.91 Å². The third-order valence-electron chi connectivity index (χ3n) is 3.49. The van der Waals surface area contributed by atoms with Gasteiger partial charge in [-0.3, -0.25) is 4.79 Å². The van der Waals surface area contributed by atoms with Crippen LogP contribution in [0.1, 0.15) is 46.5 Å². The lowest BCUT2D eigenvalue weighted by atomic mass is 9.92. The Labute approximate surface area is 106 Å². The van der Waals surface area contributed by atoms with E-state index in [1.165, 1.54) is 12.8 Å². The van der Waals surface area contributed by atoms with Crippen molar-refractivity contribution in [2.45, 2.75) is 46.5 Å². The summed E-state index contributed by atoms with van der Waals surface area (Å²) in [5.74, 6) is 0.858. The van der Waals surface area contributed by atoms with Crippen molar-refractivity contribution in [2.75, 3.05) is 26.7 Å². The van der Waals surface area contributed by atoms with Crippen LogP contribution in [0, 0.1) is 11.3 Å². The molecule has 1 atom stereocenters. The highest BCUT2D eigenvalue weighted by Crippen LogP contribution is 2.19. The van der Waals surface area contributed by atoms with Crippen LogP contribution in [-0.2, 0) is 4.79 Å². The molecular weight excluding hydrogens is 212 g/mol. The summed E-state index contributed by atoms with van der Waals surface area (Å²) in [6.07, 6.45) is 4.20. The van der Waals surface area contributed by atoms with E-state index in [1.807, 2.05) is 11.9 Å². The van der Waals surface area contributed by atoms with Gasteiger partial charge in [0, 0.05) is 20.0 Å². The Hall–Kier alpha value is -0.570. The normalized spacial score (nSPS) is 21.3. The smallest absolute Gasteiger partial charge is 0.222 e. The molecule has 0 radical (unpaired) electrons. The Morgan fingerprint density at radius 3 is 2.65 bits per heavy atom. The lowest BCUT2D eigenvalue weighted by molar-refractivity contribution is -0.131. The van der Waals surface area contributed by atoms with Crippen molar-refractivity contribution in [3.8, 4) is 0 Å². The first kappa shape index (κ1) is 14.5. The molecule has 1 saturated heterocycles. The van der Waals surface area contributed by atoms with E-state index in [1.54, 1.807) is 0 Å². The van der Waals surface area contributed by atoms with E-state index in [0.717, 1.165) is 26.1 Å². The fourth-order valence-electron chi connectivity index (χ4n) is 2.13. The number of hydrogen-bond acceptors (Lipinski definition) is 2. The SMILES string of the molecule is CN(CCC(C)(C)C)C(=O)CC1CCCNC1. The van der Waals surface area contributed by atoms with Gasteiger partial charge in [0.25, 0.3) is 0 Å². The van der Waals surface area contributed by atoms with Crippen molar-refractivity contribution in [3.63, 3.8) is 0 Å². The largest absolute Gasteiger partial charge is 0.346 e. The lowest BCUT2D eigenvalue weighted by Gasteiger charge is -2.27. The van der Waals surface area contributed by atoms with Gasteiger partial charge in [0.1, 0.15) is 0 Å². The molecule has 0 aromatic heterocycles. The third-order valence-corrected chi connectivity index (χ3v) is 3.49. The number of amides is 1. The van der Waals surface area contributed by atoms with Gasteiger partial charge >= 0.3 is 0 Å². The maximum Gasteiger partial charge on any atom is 0.222 e. The summed E-state index contributed by atoms with van der Waals surface area (Å²) in [7, 11) is 1.93. The summed E-state index contributed by atoms with van der Waals surface area (Å²) in [6, 6.07) is 0. The molecule has 17 heavy (non-hydrogen) atoms. The third kappa shape index (κ3) is 6.06. The van der Waals surface area contributed by atoms with Crippen LogP contribution in [0.4, 0.5) is 0 Å². The number of carbonyl (C=O) groups is 1. The van der Waals surface area contributed by atoms with Crippen LogP contribution < -0.4 is 5.32 Å². The molecule has 1 unspecified atom stereocenters. The number of rotatable bonds is 4. The molecule has 0 aliphatic carbocycles. The molecule has 0 spiro atoms. The summed E-state index contributed by atoms with van der Waals surface area (Å²) in [5.41, 5.74) is 0.306. The highest BCUT2D eigenvalue weighted by molar-refractivity contribution is 5.76. The highest BCUT2D eigenvalue weighted by atomic mass is 16.2. The van der Waals surface area contributed by atoms with E-state index in [9.17, 15) is 4.79 Å². The van der Waals surface area contributed by atoms with E-state index >= 15 is 0 Å². The minimum Gasteiger partial charge on any atom is -0.346 e. The van der Waals surface area contributed by atoms with Crippen LogP contribution in [-0.4, -0.2) is 37.5 Å². The molecule has 1 rings (SSSR count). The highest BCUT2D eigenvalue weighted by Gasteiger charge is 2.20. The number of carbonyl (C=O) groups excluding carboxylic acids is 1. The monoisotopic (exact) mass is 240 g/mol. The molecule has 1 aliphatic rings. The van der Waals surface area contributed by atoms with Crippen molar-refractivity contribution < 1.29 is 4.79 Å². The Balaban J connectivity index is 2.26. The Morgan fingerprint density at radius 2 is 2.12 bits per heavy atom. The molecular formula is C14H28N2O. The van der Waals surface area contributed by atoms with Crippen molar-refractivity contribution in [2.24, 2.45) is 11.3 Å². The van der Waals surface area contributed by atoms with Crippen molar-refractivity contribution in [1.29, 1.82) is 0 Å². The van der Waals surface area contributed by atoms with Gasteiger partial charge < -0.3 is 10.2 Å². The molecule has 1 amide bonds. The Morgan fingerprint density at radius 1 is 1.41 bits per heavy atom. The van der Waals surface area contributed by atoms with Crippen LogP contribution >= 0.6 is 0 Å². The minimum absolute atomic E-state index is 0.306. The molecule has 1 aliphatic heterocycles. The molecule has 1 heterocycles. The van der Waals surface area contributed by atoms with E-state index in [-0.39, 0.29) is 0 Å². The molecule has 0 saturated carbocycles. The number of hydrogen-bond donors (Lipinski definition) is 1. The number of nitrogens with zero attached hydrogens (tertiary/aromatic N) is 1. The van der Waals surface area contributed by atoms with Crippen LogP contribution in [0.5, 0.6) is 0 Å². The second kappa shape index (κ2) is 6.39. The zero-order chi connectivity index (χ0) is 12.9. The molecule has 3 heteroatoms. The average molecular weight is 240 g/mol. The summed E-state index contributed by atoms with van der Waals surface area (Å²) >= 11 is 0. The zero-order valence-corrected chi connectivity index (χ0v) is 11.9. The van der Waals surface area contributed by atoms with Crippen LogP contribution in [0.3, 0.4) is 0 Å². The van der Waals surface area contributed by atoms with Gasteiger partial charge in [-0.25, -0.2) is 0 Å². The molecule has 3 nitrogen and oxygen atoms in total. The van der Waals surface area contributed by atoms with Gasteiger partial charge in [-0.05, 0) is 43.7 Å². The first-order chi connectivity index (χ1) is 7.88. The molecule has 1 N–H and O–H groups in total. The Bertz CT molecular complexity index is 239. The van der Waals surface area contributed by atoms with Gasteiger partial charge in [-0.2, -0.15) is 0 Å². The van der Waals surface area contributed by atoms with Gasteiger partial charge in [0.15, 0.2) is 0 Å². The fourth-order valence-corrected chi connectivity index (χ4v) is 2.13. The minimum atomic E-state index is 0.306. The second-order valence-electron chi connectivity index (χ2n) is 6.54. The number of nitrogens with one attached hydrogen (secondary N) is 1. The van der Waals surface area contributed by atoms with Gasteiger partial charge in [0.05, 0.1) is 0 Å². The van der Waals surface area contributed by atoms with Gasteiger partial charge in [-0.1, -0.05) is 20.8 Å². The van der Waals surface area contributed by atoms with E-state index in [4.69, 9.17) is 0 Å². The molecule has 100 valence electrons. The van der Waals surface area contributed by atoms with E-state index in [2.05, 4.69) is 26.1 Å². The van der Waals surface area contributed by atoms with E-state index in [0.29, 0.717) is 23.7 Å². The predicted octanol–water partition coefficient (Wildman–Crippen LogP) is 2.27. The van der Waals surface area contributed by atoms with Crippen molar-refractivity contribution in [3.05, 3.63) is 0 Å². The molecule has 0 aromatic carbocycles. The predicted molar refractivity (Wildman–Crippen MR) is 71.9 cm³/mol. The first-order valence-corrected chi connectivity index (χ1v) is 6.83. The van der Waals surface area contributed by atoms with Crippen LogP contribution in [0.25, 0.3) is 0 Å². The second-order valence-corrected chi connectivity index (χ2v) is 6.54. The summed E-state index contributed by atoms with van der Waals surface area (Å²) in [6.45, 7) is 9.66.